The molecule has 0 unspecified atom stereocenters. The highest BCUT2D eigenvalue weighted by molar-refractivity contribution is 5.81. The number of aryl methyl sites for hydroxylation is 1. The van der Waals surface area contributed by atoms with E-state index in [1.54, 1.807) is 0 Å². The minimum absolute atomic E-state index is 0.374. The van der Waals surface area contributed by atoms with Crippen LogP contribution in [-0.4, -0.2) is 25.5 Å². The molecular formula is C14H19NO2. The highest BCUT2D eigenvalue weighted by Gasteiger charge is 2.17. The summed E-state index contributed by atoms with van der Waals surface area (Å²) in [6.07, 6.45) is 1.33. The van der Waals surface area contributed by atoms with Crippen molar-refractivity contribution >= 4 is 11.5 Å². The predicted molar refractivity (Wildman–Crippen MR) is 68.8 cm³/mol. The van der Waals surface area contributed by atoms with Gasteiger partial charge < -0.3 is 9.64 Å². The van der Waals surface area contributed by atoms with Crippen molar-refractivity contribution in [3.05, 3.63) is 23.8 Å². The third-order valence-corrected chi connectivity index (χ3v) is 3.16. The molecule has 0 amide bonds. The minimum atomic E-state index is 0.374. The molecule has 2 rings (SSSR count). The molecule has 0 atom stereocenters. The molecule has 0 radical (unpaired) electrons. The highest BCUT2D eigenvalue weighted by atomic mass is 16.5. The van der Waals surface area contributed by atoms with Crippen LogP contribution in [-0.2, 0) is 4.79 Å². The second-order valence-corrected chi connectivity index (χ2v) is 4.41. The van der Waals surface area contributed by atoms with E-state index in [1.807, 2.05) is 6.92 Å². The lowest BCUT2D eigenvalue weighted by Crippen LogP contribution is -2.33. The van der Waals surface area contributed by atoms with Crippen molar-refractivity contribution in [1.82, 2.24) is 0 Å². The van der Waals surface area contributed by atoms with Gasteiger partial charge in [0.05, 0.1) is 6.61 Å². The Morgan fingerprint density at radius 2 is 2.00 bits per heavy atom. The molecule has 0 N–H and O–H groups in total. The summed E-state index contributed by atoms with van der Waals surface area (Å²) in [6.45, 7) is 6.38. The lowest BCUT2D eigenvalue weighted by atomic mass is 10.1. The number of benzene rings is 1. The second kappa shape index (κ2) is 5.21. The maximum absolute atomic E-state index is 11.2. The Labute approximate surface area is 102 Å². The fourth-order valence-electron chi connectivity index (χ4n) is 2.11. The zero-order valence-electron chi connectivity index (χ0n) is 10.5. The van der Waals surface area contributed by atoms with Crippen LogP contribution in [0.3, 0.4) is 0 Å². The van der Waals surface area contributed by atoms with Gasteiger partial charge in [-0.25, -0.2) is 0 Å². The molecule has 1 heterocycles. The van der Waals surface area contributed by atoms with Gasteiger partial charge in [-0.1, -0.05) is 6.07 Å². The number of piperidine rings is 1. The Kier molecular flexibility index (Phi) is 3.67. The van der Waals surface area contributed by atoms with Gasteiger partial charge in [0, 0.05) is 37.7 Å². The quantitative estimate of drug-likeness (QED) is 0.803. The van der Waals surface area contributed by atoms with E-state index in [2.05, 4.69) is 30.0 Å². The summed E-state index contributed by atoms with van der Waals surface area (Å²) in [7, 11) is 0. The third-order valence-electron chi connectivity index (χ3n) is 3.16. The molecule has 92 valence electrons. The molecule has 1 aliphatic heterocycles. The molecule has 1 saturated heterocycles. The lowest BCUT2D eigenvalue weighted by molar-refractivity contribution is -0.119. The van der Waals surface area contributed by atoms with Gasteiger partial charge in [-0.05, 0) is 25.5 Å². The molecule has 0 spiro atoms. The number of carbonyl (C=O) groups is 1. The second-order valence-electron chi connectivity index (χ2n) is 4.41. The molecule has 3 heteroatoms. The Morgan fingerprint density at radius 1 is 1.29 bits per heavy atom. The Morgan fingerprint density at radius 3 is 2.65 bits per heavy atom. The van der Waals surface area contributed by atoms with Crippen molar-refractivity contribution in [3.8, 4) is 5.75 Å². The topological polar surface area (TPSA) is 29.5 Å². The number of nitrogens with zero attached hydrogens (tertiary/aromatic N) is 1. The van der Waals surface area contributed by atoms with Crippen LogP contribution >= 0.6 is 0 Å². The minimum Gasteiger partial charge on any atom is -0.494 e. The van der Waals surface area contributed by atoms with Gasteiger partial charge in [-0.3, -0.25) is 4.79 Å². The maximum Gasteiger partial charge on any atom is 0.136 e. The Bertz CT molecular complexity index is 405. The van der Waals surface area contributed by atoms with E-state index in [4.69, 9.17) is 4.74 Å². The van der Waals surface area contributed by atoms with Crippen molar-refractivity contribution in [3.63, 3.8) is 0 Å². The first-order valence-corrected chi connectivity index (χ1v) is 6.21. The monoisotopic (exact) mass is 233 g/mol. The number of rotatable bonds is 3. The molecular weight excluding hydrogens is 214 g/mol. The number of anilines is 1. The zero-order valence-corrected chi connectivity index (χ0v) is 10.5. The molecule has 1 fully saturated rings. The number of hydrogen-bond acceptors (Lipinski definition) is 3. The molecule has 3 nitrogen and oxygen atoms in total. The molecule has 0 aliphatic carbocycles. The predicted octanol–water partition coefficient (Wildman–Crippen LogP) is 2.56. The van der Waals surface area contributed by atoms with Crippen LogP contribution in [0.2, 0.25) is 0 Å². The standard InChI is InChI=1S/C14H19NO2/c1-3-17-14-10-12(5-4-11(14)2)15-8-6-13(16)7-9-15/h4-5,10H,3,6-9H2,1-2H3. The van der Waals surface area contributed by atoms with E-state index in [0.717, 1.165) is 30.1 Å². The van der Waals surface area contributed by atoms with Gasteiger partial charge in [0.1, 0.15) is 11.5 Å². The SMILES string of the molecule is CCOc1cc(N2CCC(=O)CC2)ccc1C. The van der Waals surface area contributed by atoms with Crippen molar-refractivity contribution in [2.45, 2.75) is 26.7 Å². The number of carbonyl (C=O) groups excluding carboxylic acids is 1. The van der Waals surface area contributed by atoms with Crippen LogP contribution in [0, 0.1) is 6.92 Å². The van der Waals surface area contributed by atoms with Gasteiger partial charge in [0.25, 0.3) is 0 Å². The number of ketones is 1. The van der Waals surface area contributed by atoms with Crippen molar-refractivity contribution in [1.29, 1.82) is 0 Å². The maximum atomic E-state index is 11.2. The zero-order chi connectivity index (χ0) is 12.3. The van der Waals surface area contributed by atoms with E-state index < -0.39 is 0 Å². The van der Waals surface area contributed by atoms with Crippen molar-refractivity contribution in [2.75, 3.05) is 24.6 Å². The molecule has 0 bridgehead atoms. The largest absolute Gasteiger partial charge is 0.494 e. The summed E-state index contributed by atoms with van der Waals surface area (Å²) in [4.78, 5) is 13.5. The molecule has 17 heavy (non-hydrogen) atoms. The van der Waals surface area contributed by atoms with E-state index in [9.17, 15) is 4.79 Å². The summed E-state index contributed by atoms with van der Waals surface area (Å²) >= 11 is 0. The fourth-order valence-corrected chi connectivity index (χ4v) is 2.11. The van der Waals surface area contributed by atoms with Gasteiger partial charge in [-0.2, -0.15) is 0 Å². The average molecular weight is 233 g/mol. The lowest BCUT2D eigenvalue weighted by Gasteiger charge is -2.28. The third kappa shape index (κ3) is 2.78. The van der Waals surface area contributed by atoms with Crippen LogP contribution in [0.1, 0.15) is 25.3 Å². The van der Waals surface area contributed by atoms with Gasteiger partial charge in [-0.15, -0.1) is 0 Å². The van der Waals surface area contributed by atoms with Crippen molar-refractivity contribution < 1.29 is 9.53 Å². The Balaban J connectivity index is 2.15. The van der Waals surface area contributed by atoms with Crippen LogP contribution in [0.5, 0.6) is 5.75 Å². The van der Waals surface area contributed by atoms with Gasteiger partial charge in [0.2, 0.25) is 0 Å². The molecule has 0 saturated carbocycles. The number of Topliss-reactive ketones (excluding diaryl/α,β-unsaturated/α-hetero) is 1. The summed E-state index contributed by atoms with van der Waals surface area (Å²) in [6, 6.07) is 6.26. The molecule has 0 aromatic heterocycles. The average Bonchev–Trinajstić information content (AvgIpc) is 2.33. The summed E-state index contributed by atoms with van der Waals surface area (Å²) in [5.74, 6) is 1.32. The summed E-state index contributed by atoms with van der Waals surface area (Å²) in [5.41, 5.74) is 2.32. The summed E-state index contributed by atoms with van der Waals surface area (Å²) in [5, 5.41) is 0. The van der Waals surface area contributed by atoms with E-state index in [1.165, 1.54) is 0 Å². The van der Waals surface area contributed by atoms with Gasteiger partial charge in [0.15, 0.2) is 0 Å². The van der Waals surface area contributed by atoms with E-state index in [0.29, 0.717) is 25.2 Å². The Hall–Kier alpha value is -1.51. The molecule has 1 aromatic rings. The van der Waals surface area contributed by atoms with Crippen LogP contribution < -0.4 is 9.64 Å². The first kappa shape index (κ1) is 12.0. The highest BCUT2D eigenvalue weighted by Crippen LogP contribution is 2.26. The number of hydrogen-bond donors (Lipinski definition) is 0. The fraction of sp³-hybridized carbons (Fsp3) is 0.500. The molecule has 1 aromatic carbocycles. The van der Waals surface area contributed by atoms with Crippen LogP contribution in [0.4, 0.5) is 5.69 Å². The van der Waals surface area contributed by atoms with Crippen LogP contribution in [0.15, 0.2) is 18.2 Å². The van der Waals surface area contributed by atoms with Gasteiger partial charge >= 0.3 is 0 Å². The first-order chi connectivity index (χ1) is 8.20. The first-order valence-electron chi connectivity index (χ1n) is 6.21. The van der Waals surface area contributed by atoms with E-state index >= 15 is 0 Å². The smallest absolute Gasteiger partial charge is 0.136 e. The van der Waals surface area contributed by atoms with E-state index in [-0.39, 0.29) is 0 Å². The summed E-state index contributed by atoms with van der Waals surface area (Å²) < 4.78 is 5.60. The van der Waals surface area contributed by atoms with Crippen molar-refractivity contribution in [2.24, 2.45) is 0 Å². The normalized spacial score (nSPS) is 16.1. The number of ether oxygens (including phenoxy) is 1. The molecule has 1 aliphatic rings. The van der Waals surface area contributed by atoms with Crippen LogP contribution in [0.25, 0.3) is 0 Å².